The number of rotatable bonds is 4. The second-order valence-corrected chi connectivity index (χ2v) is 7.47. The molecule has 4 aromatic rings. The summed E-state index contributed by atoms with van der Waals surface area (Å²) >= 11 is 5.90. The summed E-state index contributed by atoms with van der Waals surface area (Å²) < 4.78 is 2.56. The van der Waals surface area contributed by atoms with Crippen molar-refractivity contribution in [2.24, 2.45) is 7.05 Å². The smallest absolute Gasteiger partial charge is 0.333 e. The number of amides is 1. The second kappa shape index (κ2) is 7.68. The fourth-order valence-corrected chi connectivity index (χ4v) is 3.59. The van der Waals surface area contributed by atoms with Crippen molar-refractivity contribution in [2.45, 2.75) is 13.0 Å². The van der Waals surface area contributed by atoms with Gasteiger partial charge >= 0.3 is 5.69 Å². The number of hydrogen-bond donors (Lipinski definition) is 2. The molecule has 0 aliphatic rings. The number of aryl methyl sites for hydroxylation is 1. The van der Waals surface area contributed by atoms with E-state index in [1.54, 1.807) is 42.1 Å². The van der Waals surface area contributed by atoms with E-state index in [0.717, 1.165) is 10.1 Å². The number of fused-ring (bicyclic) bond motifs is 1. The molecule has 1 amide bonds. The first-order valence-corrected chi connectivity index (χ1v) is 9.70. The summed E-state index contributed by atoms with van der Waals surface area (Å²) in [6.07, 6.45) is 1.54. The molecule has 0 bridgehead atoms. The van der Waals surface area contributed by atoms with E-state index >= 15 is 0 Å². The zero-order valence-electron chi connectivity index (χ0n) is 16.3. The van der Waals surface area contributed by atoms with Gasteiger partial charge in [-0.25, -0.2) is 9.36 Å². The third kappa shape index (κ3) is 3.44. The Balaban J connectivity index is 1.78. The van der Waals surface area contributed by atoms with Gasteiger partial charge in [-0.1, -0.05) is 41.9 Å². The largest absolute Gasteiger partial charge is 0.345 e. The fraction of sp³-hybridized carbons (Fsp3) is 0.136. The van der Waals surface area contributed by atoms with Crippen molar-refractivity contribution in [1.29, 1.82) is 0 Å². The Morgan fingerprint density at radius 3 is 2.40 bits per heavy atom. The number of hydrogen-bond acceptors (Lipinski definition) is 3. The number of halogens is 1. The number of nitrogens with zero attached hydrogens (tertiary/aromatic N) is 2. The van der Waals surface area contributed by atoms with E-state index in [2.05, 4.69) is 10.3 Å². The highest BCUT2D eigenvalue weighted by atomic mass is 35.5. The summed E-state index contributed by atoms with van der Waals surface area (Å²) in [6.45, 7) is 1.87. The summed E-state index contributed by atoms with van der Waals surface area (Å²) in [5, 5.41) is 3.41. The maximum atomic E-state index is 13.1. The number of carbonyl (C=O) groups is 1. The zero-order chi connectivity index (χ0) is 21.4. The minimum absolute atomic E-state index is 0.204. The number of carbonyl (C=O) groups excluding carboxylic acids is 1. The SMILES string of the molecule is C[C@H](NC(=O)c1cn(C)c2c(=O)n(-c3ccc(Cl)cc3)c(=O)[nH]c12)c1ccccc1. The van der Waals surface area contributed by atoms with Crippen LogP contribution >= 0.6 is 11.6 Å². The highest BCUT2D eigenvalue weighted by molar-refractivity contribution is 6.30. The van der Waals surface area contributed by atoms with E-state index in [9.17, 15) is 14.4 Å². The summed E-state index contributed by atoms with van der Waals surface area (Å²) in [7, 11) is 1.66. The van der Waals surface area contributed by atoms with E-state index in [4.69, 9.17) is 11.6 Å². The highest BCUT2D eigenvalue weighted by Gasteiger charge is 2.21. The van der Waals surface area contributed by atoms with Crippen molar-refractivity contribution in [3.05, 3.63) is 97.8 Å². The summed E-state index contributed by atoms with van der Waals surface area (Å²) in [5.41, 5.74) is 0.840. The first kappa shape index (κ1) is 19.7. The molecule has 7 nitrogen and oxygen atoms in total. The average Bonchev–Trinajstić information content (AvgIpc) is 3.06. The summed E-state index contributed by atoms with van der Waals surface area (Å²) in [4.78, 5) is 41.4. The van der Waals surface area contributed by atoms with Gasteiger partial charge in [-0.05, 0) is 36.8 Å². The lowest BCUT2D eigenvalue weighted by atomic mass is 10.1. The Hall–Kier alpha value is -3.58. The minimum Gasteiger partial charge on any atom is -0.345 e. The van der Waals surface area contributed by atoms with Crippen LogP contribution in [-0.4, -0.2) is 20.0 Å². The molecule has 2 aromatic carbocycles. The van der Waals surface area contributed by atoms with Crippen LogP contribution in [0, 0.1) is 0 Å². The molecular formula is C22H19ClN4O3. The van der Waals surface area contributed by atoms with Gasteiger partial charge in [0, 0.05) is 18.3 Å². The highest BCUT2D eigenvalue weighted by Crippen LogP contribution is 2.18. The van der Waals surface area contributed by atoms with Crippen LogP contribution in [0.15, 0.2) is 70.4 Å². The number of nitrogens with one attached hydrogen (secondary N) is 2. The number of aromatic nitrogens is 3. The van der Waals surface area contributed by atoms with E-state index in [1.165, 1.54) is 0 Å². The van der Waals surface area contributed by atoms with Crippen LogP contribution in [0.25, 0.3) is 16.7 Å². The molecule has 0 spiro atoms. The van der Waals surface area contributed by atoms with Gasteiger partial charge in [0.1, 0.15) is 5.52 Å². The number of aromatic amines is 1. The third-order valence-corrected chi connectivity index (χ3v) is 5.25. The Morgan fingerprint density at radius 1 is 1.07 bits per heavy atom. The molecule has 30 heavy (non-hydrogen) atoms. The van der Waals surface area contributed by atoms with Crippen molar-refractivity contribution >= 4 is 28.5 Å². The van der Waals surface area contributed by atoms with E-state index in [1.807, 2.05) is 37.3 Å². The molecule has 0 unspecified atom stereocenters. The molecule has 0 aliphatic heterocycles. The maximum Gasteiger partial charge on any atom is 0.333 e. The normalized spacial score (nSPS) is 12.1. The first-order valence-electron chi connectivity index (χ1n) is 9.33. The Kier molecular flexibility index (Phi) is 5.05. The van der Waals surface area contributed by atoms with E-state index in [-0.39, 0.29) is 28.5 Å². The van der Waals surface area contributed by atoms with Crippen LogP contribution in [0.4, 0.5) is 0 Å². The fourth-order valence-electron chi connectivity index (χ4n) is 3.47. The molecular weight excluding hydrogens is 404 g/mol. The molecule has 2 heterocycles. The zero-order valence-corrected chi connectivity index (χ0v) is 17.1. The lowest BCUT2D eigenvalue weighted by molar-refractivity contribution is 0.0941. The molecule has 0 saturated carbocycles. The Labute approximate surface area is 176 Å². The van der Waals surface area contributed by atoms with Crippen LogP contribution in [-0.2, 0) is 7.05 Å². The minimum atomic E-state index is -0.633. The molecule has 8 heteroatoms. The molecule has 4 rings (SSSR count). The molecule has 0 saturated heterocycles. The van der Waals surface area contributed by atoms with E-state index < -0.39 is 11.2 Å². The topological polar surface area (TPSA) is 88.9 Å². The third-order valence-electron chi connectivity index (χ3n) is 5.00. The van der Waals surface area contributed by atoms with Gasteiger partial charge in [0.25, 0.3) is 11.5 Å². The van der Waals surface area contributed by atoms with Gasteiger partial charge in [-0.2, -0.15) is 0 Å². The molecule has 2 aromatic heterocycles. The summed E-state index contributed by atoms with van der Waals surface area (Å²) in [5.74, 6) is -0.378. The molecule has 0 aliphatic carbocycles. The van der Waals surface area contributed by atoms with Crippen molar-refractivity contribution in [3.8, 4) is 5.69 Å². The lowest BCUT2D eigenvalue weighted by Crippen LogP contribution is -2.34. The first-order chi connectivity index (χ1) is 14.4. The van der Waals surface area contributed by atoms with Crippen LogP contribution in [0.1, 0.15) is 28.9 Å². The quantitative estimate of drug-likeness (QED) is 0.529. The van der Waals surface area contributed by atoms with Crippen LogP contribution < -0.4 is 16.6 Å². The number of H-pyrrole nitrogens is 1. The van der Waals surface area contributed by atoms with Crippen LogP contribution in [0.3, 0.4) is 0 Å². The second-order valence-electron chi connectivity index (χ2n) is 7.03. The van der Waals surface area contributed by atoms with Crippen molar-refractivity contribution in [3.63, 3.8) is 0 Å². The molecule has 2 N–H and O–H groups in total. The van der Waals surface area contributed by atoms with Crippen molar-refractivity contribution in [1.82, 2.24) is 19.4 Å². The lowest BCUT2D eigenvalue weighted by Gasteiger charge is -2.13. The molecule has 152 valence electrons. The maximum absolute atomic E-state index is 13.1. The Morgan fingerprint density at radius 2 is 1.73 bits per heavy atom. The monoisotopic (exact) mass is 422 g/mol. The van der Waals surface area contributed by atoms with Crippen LogP contribution in [0.5, 0.6) is 0 Å². The predicted molar refractivity (Wildman–Crippen MR) is 116 cm³/mol. The van der Waals surface area contributed by atoms with Gasteiger partial charge < -0.3 is 14.9 Å². The Bertz CT molecular complexity index is 1350. The predicted octanol–water partition coefficient (Wildman–Crippen LogP) is 3.16. The standard InChI is InChI=1S/C22H19ClN4O3/c1-13(14-6-4-3-5-7-14)24-20(28)17-12-26(2)19-18(17)25-22(30)27(21(19)29)16-10-8-15(23)9-11-16/h3-13H,1-2H3,(H,24,28)(H,25,30)/t13-/m0/s1. The molecule has 1 atom stereocenters. The van der Waals surface area contributed by atoms with Crippen molar-refractivity contribution in [2.75, 3.05) is 0 Å². The number of benzene rings is 2. The van der Waals surface area contributed by atoms with Gasteiger partial charge in [0.05, 0.1) is 22.8 Å². The summed E-state index contributed by atoms with van der Waals surface area (Å²) in [6, 6.07) is 15.7. The van der Waals surface area contributed by atoms with Crippen LogP contribution in [0.2, 0.25) is 5.02 Å². The van der Waals surface area contributed by atoms with Gasteiger partial charge in [-0.3, -0.25) is 9.59 Å². The van der Waals surface area contributed by atoms with Gasteiger partial charge in [-0.15, -0.1) is 0 Å². The molecule has 0 fully saturated rings. The molecule has 0 radical (unpaired) electrons. The van der Waals surface area contributed by atoms with Gasteiger partial charge in [0.2, 0.25) is 0 Å². The van der Waals surface area contributed by atoms with E-state index in [0.29, 0.717) is 10.7 Å². The average molecular weight is 423 g/mol. The van der Waals surface area contributed by atoms with Crippen molar-refractivity contribution < 1.29 is 4.79 Å². The van der Waals surface area contributed by atoms with Gasteiger partial charge in [0.15, 0.2) is 0 Å².